The van der Waals surface area contributed by atoms with Crippen molar-refractivity contribution in [1.29, 1.82) is 0 Å². The second kappa shape index (κ2) is 8.60. The molecule has 2 aromatic rings. The van der Waals surface area contributed by atoms with Gasteiger partial charge in [0, 0.05) is 31.2 Å². The first-order chi connectivity index (χ1) is 12.0. The monoisotopic (exact) mass is 340 g/mol. The molecule has 1 N–H and O–H groups in total. The highest BCUT2D eigenvalue weighted by Crippen LogP contribution is 2.24. The van der Waals surface area contributed by atoms with Crippen LogP contribution in [0.5, 0.6) is 0 Å². The van der Waals surface area contributed by atoms with E-state index in [1.54, 1.807) is 12.4 Å². The number of hydrogen-bond donors (Lipinski definition) is 1. The SMILES string of the molecule is CCCN(CCC)C(=O)c1cnc(Nc2c(C)cc(C)cc2C)nc1. The van der Waals surface area contributed by atoms with Gasteiger partial charge in [0.05, 0.1) is 5.56 Å². The Morgan fingerprint density at radius 1 is 1.00 bits per heavy atom. The molecule has 0 atom stereocenters. The van der Waals surface area contributed by atoms with Gasteiger partial charge >= 0.3 is 0 Å². The highest BCUT2D eigenvalue weighted by Gasteiger charge is 2.15. The van der Waals surface area contributed by atoms with E-state index < -0.39 is 0 Å². The van der Waals surface area contributed by atoms with Crippen molar-refractivity contribution in [1.82, 2.24) is 14.9 Å². The molecule has 0 radical (unpaired) electrons. The molecule has 0 fully saturated rings. The summed E-state index contributed by atoms with van der Waals surface area (Å²) in [5, 5.41) is 3.27. The fourth-order valence-electron chi connectivity index (χ4n) is 3.03. The van der Waals surface area contributed by atoms with E-state index in [1.807, 2.05) is 4.90 Å². The number of carbonyl (C=O) groups is 1. The van der Waals surface area contributed by atoms with Crippen LogP contribution < -0.4 is 5.32 Å². The molecule has 0 aliphatic rings. The smallest absolute Gasteiger partial charge is 0.256 e. The third-order valence-corrected chi connectivity index (χ3v) is 4.09. The van der Waals surface area contributed by atoms with Crippen molar-refractivity contribution < 1.29 is 4.79 Å². The summed E-state index contributed by atoms with van der Waals surface area (Å²) in [4.78, 5) is 23.1. The van der Waals surface area contributed by atoms with Gasteiger partial charge in [-0.05, 0) is 44.7 Å². The van der Waals surface area contributed by atoms with Crippen LogP contribution in [-0.4, -0.2) is 33.9 Å². The van der Waals surface area contributed by atoms with Crippen molar-refractivity contribution in [2.24, 2.45) is 0 Å². The zero-order valence-electron chi connectivity index (χ0n) is 15.9. The molecular formula is C20H28N4O. The zero-order valence-corrected chi connectivity index (χ0v) is 15.9. The Morgan fingerprint density at radius 3 is 2.00 bits per heavy atom. The molecule has 0 saturated heterocycles. The summed E-state index contributed by atoms with van der Waals surface area (Å²) < 4.78 is 0. The molecule has 1 amide bonds. The van der Waals surface area contributed by atoms with Gasteiger partial charge in [0.2, 0.25) is 5.95 Å². The van der Waals surface area contributed by atoms with E-state index in [0.29, 0.717) is 11.5 Å². The van der Waals surface area contributed by atoms with E-state index in [2.05, 4.69) is 62.0 Å². The van der Waals surface area contributed by atoms with Crippen LogP contribution in [0.25, 0.3) is 0 Å². The third-order valence-electron chi connectivity index (χ3n) is 4.09. The first-order valence-electron chi connectivity index (χ1n) is 8.92. The number of hydrogen-bond acceptors (Lipinski definition) is 4. The Labute approximate surface area is 150 Å². The number of carbonyl (C=O) groups excluding carboxylic acids is 1. The van der Waals surface area contributed by atoms with E-state index >= 15 is 0 Å². The summed E-state index contributed by atoms with van der Waals surface area (Å²) in [6, 6.07) is 4.25. The molecule has 1 aromatic carbocycles. The summed E-state index contributed by atoms with van der Waals surface area (Å²) in [6.45, 7) is 11.9. The van der Waals surface area contributed by atoms with Gasteiger partial charge in [0.15, 0.2) is 0 Å². The van der Waals surface area contributed by atoms with Crippen LogP contribution in [0.15, 0.2) is 24.5 Å². The van der Waals surface area contributed by atoms with Gasteiger partial charge in [-0.25, -0.2) is 9.97 Å². The van der Waals surface area contributed by atoms with Crippen LogP contribution in [0, 0.1) is 20.8 Å². The van der Waals surface area contributed by atoms with Crippen molar-refractivity contribution >= 4 is 17.5 Å². The molecule has 5 nitrogen and oxygen atoms in total. The number of nitrogens with zero attached hydrogens (tertiary/aromatic N) is 3. The predicted molar refractivity (Wildman–Crippen MR) is 102 cm³/mol. The molecule has 2 rings (SSSR count). The minimum Gasteiger partial charge on any atom is -0.339 e. The van der Waals surface area contributed by atoms with Crippen LogP contribution in [0.2, 0.25) is 0 Å². The normalized spacial score (nSPS) is 10.6. The van der Waals surface area contributed by atoms with Gasteiger partial charge < -0.3 is 10.2 Å². The second-order valence-corrected chi connectivity index (χ2v) is 6.49. The summed E-state index contributed by atoms with van der Waals surface area (Å²) in [5.74, 6) is 0.502. The van der Waals surface area contributed by atoms with Crippen LogP contribution in [0.4, 0.5) is 11.6 Å². The molecule has 0 bridgehead atoms. The Morgan fingerprint density at radius 2 is 1.52 bits per heavy atom. The lowest BCUT2D eigenvalue weighted by Crippen LogP contribution is -2.32. The van der Waals surface area contributed by atoms with Gasteiger partial charge in [0.1, 0.15) is 0 Å². The van der Waals surface area contributed by atoms with Crippen molar-refractivity contribution in [2.45, 2.75) is 47.5 Å². The topological polar surface area (TPSA) is 58.1 Å². The minimum absolute atomic E-state index is 0.00190. The molecule has 1 heterocycles. The van der Waals surface area contributed by atoms with E-state index in [-0.39, 0.29) is 5.91 Å². The Kier molecular flexibility index (Phi) is 6.51. The second-order valence-electron chi connectivity index (χ2n) is 6.49. The Bertz CT molecular complexity index is 696. The fraction of sp³-hybridized carbons (Fsp3) is 0.450. The number of benzene rings is 1. The maximum atomic E-state index is 12.6. The van der Waals surface area contributed by atoms with Gasteiger partial charge in [-0.3, -0.25) is 4.79 Å². The van der Waals surface area contributed by atoms with Gasteiger partial charge in [-0.1, -0.05) is 31.5 Å². The maximum Gasteiger partial charge on any atom is 0.256 e. The minimum atomic E-state index is -0.00190. The van der Waals surface area contributed by atoms with Crippen LogP contribution in [0.3, 0.4) is 0 Å². The van der Waals surface area contributed by atoms with E-state index in [1.165, 1.54) is 5.56 Å². The fourth-order valence-corrected chi connectivity index (χ4v) is 3.03. The lowest BCUT2D eigenvalue weighted by Gasteiger charge is -2.21. The number of nitrogens with one attached hydrogen (secondary N) is 1. The molecule has 134 valence electrons. The number of amides is 1. The van der Waals surface area contributed by atoms with Crippen molar-refractivity contribution in [3.8, 4) is 0 Å². The largest absolute Gasteiger partial charge is 0.339 e. The molecule has 0 unspecified atom stereocenters. The number of aromatic nitrogens is 2. The van der Waals surface area contributed by atoms with Gasteiger partial charge in [0.25, 0.3) is 5.91 Å². The van der Waals surface area contributed by atoms with Crippen LogP contribution >= 0.6 is 0 Å². The lowest BCUT2D eigenvalue weighted by molar-refractivity contribution is 0.0754. The van der Waals surface area contributed by atoms with Gasteiger partial charge in [-0.15, -0.1) is 0 Å². The number of aryl methyl sites for hydroxylation is 3. The zero-order chi connectivity index (χ0) is 18.4. The van der Waals surface area contributed by atoms with E-state index in [4.69, 9.17) is 0 Å². The summed E-state index contributed by atoms with van der Waals surface area (Å²) in [5.41, 5.74) is 5.08. The molecule has 1 aromatic heterocycles. The summed E-state index contributed by atoms with van der Waals surface area (Å²) >= 11 is 0. The van der Waals surface area contributed by atoms with E-state index in [0.717, 1.165) is 42.7 Å². The van der Waals surface area contributed by atoms with Crippen molar-refractivity contribution in [3.05, 3.63) is 46.8 Å². The highest BCUT2D eigenvalue weighted by atomic mass is 16.2. The Balaban J connectivity index is 2.16. The molecule has 5 heteroatoms. The van der Waals surface area contributed by atoms with E-state index in [9.17, 15) is 4.79 Å². The first-order valence-corrected chi connectivity index (χ1v) is 8.92. The van der Waals surface area contributed by atoms with Crippen LogP contribution in [0.1, 0.15) is 53.7 Å². The molecule has 0 saturated carbocycles. The lowest BCUT2D eigenvalue weighted by atomic mass is 10.1. The highest BCUT2D eigenvalue weighted by molar-refractivity contribution is 5.93. The van der Waals surface area contributed by atoms with Gasteiger partial charge in [-0.2, -0.15) is 0 Å². The Hall–Kier alpha value is -2.43. The predicted octanol–water partition coefficient (Wildman–Crippen LogP) is 4.41. The van der Waals surface area contributed by atoms with Crippen molar-refractivity contribution in [3.63, 3.8) is 0 Å². The summed E-state index contributed by atoms with van der Waals surface area (Å²) in [7, 11) is 0. The summed E-state index contributed by atoms with van der Waals surface area (Å²) in [6.07, 6.45) is 5.10. The molecule has 0 aliphatic heterocycles. The first kappa shape index (κ1) is 18.9. The van der Waals surface area contributed by atoms with Crippen molar-refractivity contribution in [2.75, 3.05) is 18.4 Å². The molecule has 0 spiro atoms. The maximum absolute atomic E-state index is 12.6. The average molecular weight is 340 g/mol. The standard InChI is InChI=1S/C20H28N4O/c1-6-8-24(9-7-2)19(25)17-12-21-20(22-13-17)23-18-15(4)10-14(3)11-16(18)5/h10-13H,6-9H2,1-5H3,(H,21,22,23). The average Bonchev–Trinajstić information content (AvgIpc) is 2.58. The molecule has 25 heavy (non-hydrogen) atoms. The molecular weight excluding hydrogens is 312 g/mol. The third kappa shape index (κ3) is 4.78. The quantitative estimate of drug-likeness (QED) is 0.811. The van der Waals surface area contributed by atoms with Crippen LogP contribution in [-0.2, 0) is 0 Å². The molecule has 0 aliphatic carbocycles. The number of anilines is 2. The number of rotatable bonds is 7.